The van der Waals surface area contributed by atoms with Crippen LogP contribution >= 0.6 is 0 Å². The molecule has 0 fully saturated rings. The number of nitrogens with two attached hydrogens (primary N) is 1. The van der Waals surface area contributed by atoms with Crippen LogP contribution in [0.3, 0.4) is 0 Å². The number of ether oxygens (including phenoxy) is 2. The molecule has 2 rings (SSSR count). The highest BCUT2D eigenvalue weighted by molar-refractivity contribution is 5.99. The zero-order chi connectivity index (χ0) is 17.7. The molecule has 0 unspecified atom stereocenters. The minimum atomic E-state index is -1.05. The number of hydrogen-bond donors (Lipinski definition) is 2. The summed E-state index contributed by atoms with van der Waals surface area (Å²) in [6, 6.07) is 10.00. The Hall–Kier alpha value is -3.09. The summed E-state index contributed by atoms with van der Waals surface area (Å²) in [5.41, 5.74) is 6.05. The number of benzene rings is 2. The minimum Gasteiger partial charge on any atom is -0.497 e. The molecule has 0 saturated heterocycles. The van der Waals surface area contributed by atoms with E-state index < -0.39 is 23.8 Å². The summed E-state index contributed by atoms with van der Waals surface area (Å²) in [7, 11) is 1.54. The lowest BCUT2D eigenvalue weighted by Gasteiger charge is -2.14. The summed E-state index contributed by atoms with van der Waals surface area (Å²) in [6.45, 7) is 1.43. The molecule has 0 bridgehead atoms. The summed E-state index contributed by atoms with van der Waals surface area (Å²) < 4.78 is 23.1. The van der Waals surface area contributed by atoms with Crippen molar-refractivity contribution in [3.05, 3.63) is 53.8 Å². The molecule has 0 spiro atoms. The van der Waals surface area contributed by atoms with Gasteiger partial charge in [-0.3, -0.25) is 4.79 Å². The van der Waals surface area contributed by atoms with Gasteiger partial charge in [0.05, 0.1) is 12.7 Å². The van der Waals surface area contributed by atoms with Gasteiger partial charge in [0, 0.05) is 11.4 Å². The van der Waals surface area contributed by atoms with Crippen molar-refractivity contribution in [1.29, 1.82) is 0 Å². The van der Waals surface area contributed by atoms with E-state index in [1.54, 1.807) is 24.3 Å². The van der Waals surface area contributed by atoms with Crippen molar-refractivity contribution in [1.82, 2.24) is 0 Å². The average molecular weight is 332 g/mol. The Kier molecular flexibility index (Phi) is 5.36. The molecule has 2 aromatic carbocycles. The van der Waals surface area contributed by atoms with E-state index in [-0.39, 0.29) is 11.3 Å². The molecule has 0 aliphatic heterocycles. The van der Waals surface area contributed by atoms with Crippen molar-refractivity contribution >= 4 is 23.3 Å². The maximum atomic E-state index is 13.0. The van der Waals surface area contributed by atoms with Crippen LogP contribution in [0.4, 0.5) is 15.8 Å². The normalized spacial score (nSPS) is 11.5. The molecule has 0 saturated carbocycles. The smallest absolute Gasteiger partial charge is 0.341 e. The molecule has 1 amide bonds. The number of methoxy groups -OCH3 is 1. The first kappa shape index (κ1) is 17.3. The average Bonchev–Trinajstić information content (AvgIpc) is 2.55. The molecule has 1 atom stereocenters. The number of anilines is 2. The molecular formula is C17H17FN2O4. The van der Waals surface area contributed by atoms with Crippen LogP contribution in [0.25, 0.3) is 0 Å². The maximum absolute atomic E-state index is 13.0. The second-order valence-corrected chi connectivity index (χ2v) is 5.00. The third-order valence-electron chi connectivity index (χ3n) is 3.24. The van der Waals surface area contributed by atoms with Crippen LogP contribution in [-0.2, 0) is 9.53 Å². The number of amides is 1. The number of hydrogen-bond acceptors (Lipinski definition) is 5. The van der Waals surface area contributed by atoms with Gasteiger partial charge in [0.1, 0.15) is 11.6 Å². The van der Waals surface area contributed by atoms with E-state index >= 15 is 0 Å². The third kappa shape index (κ3) is 4.22. The van der Waals surface area contributed by atoms with Gasteiger partial charge >= 0.3 is 5.97 Å². The third-order valence-corrected chi connectivity index (χ3v) is 3.24. The molecule has 24 heavy (non-hydrogen) atoms. The topological polar surface area (TPSA) is 90.6 Å². The van der Waals surface area contributed by atoms with Crippen LogP contribution in [0, 0.1) is 5.82 Å². The summed E-state index contributed by atoms with van der Waals surface area (Å²) in [5.74, 6) is -1.22. The first-order valence-corrected chi connectivity index (χ1v) is 7.11. The van der Waals surface area contributed by atoms with Crippen LogP contribution in [0.1, 0.15) is 17.3 Å². The summed E-state index contributed by atoms with van der Waals surface area (Å²) >= 11 is 0. The largest absolute Gasteiger partial charge is 0.497 e. The van der Waals surface area contributed by atoms with Gasteiger partial charge in [-0.2, -0.15) is 0 Å². The lowest BCUT2D eigenvalue weighted by molar-refractivity contribution is -0.123. The van der Waals surface area contributed by atoms with Crippen LogP contribution in [0.5, 0.6) is 5.75 Å². The monoisotopic (exact) mass is 332 g/mol. The Morgan fingerprint density at radius 2 is 1.83 bits per heavy atom. The van der Waals surface area contributed by atoms with E-state index in [1.165, 1.54) is 20.1 Å². The first-order valence-electron chi connectivity index (χ1n) is 7.11. The Morgan fingerprint density at radius 1 is 1.17 bits per heavy atom. The molecule has 0 aliphatic rings. The number of carbonyl (C=O) groups is 2. The number of esters is 1. The van der Waals surface area contributed by atoms with E-state index in [2.05, 4.69) is 5.32 Å². The number of carbonyl (C=O) groups excluding carboxylic acids is 2. The van der Waals surface area contributed by atoms with Crippen molar-refractivity contribution < 1.29 is 23.5 Å². The summed E-state index contributed by atoms with van der Waals surface area (Å²) in [4.78, 5) is 24.1. The summed E-state index contributed by atoms with van der Waals surface area (Å²) in [6.07, 6.45) is -1.05. The van der Waals surface area contributed by atoms with Gasteiger partial charge in [-0.25, -0.2) is 9.18 Å². The first-order chi connectivity index (χ1) is 11.4. The van der Waals surface area contributed by atoms with Gasteiger partial charge in [0.15, 0.2) is 6.10 Å². The van der Waals surface area contributed by atoms with Crippen LogP contribution in [0.15, 0.2) is 42.5 Å². The highest BCUT2D eigenvalue weighted by atomic mass is 19.1. The standard InChI is InChI=1S/C17H17FN2O4/c1-10(16(21)20-12-4-6-13(23-2)7-5-12)24-17(22)14-8-3-11(18)9-15(14)19/h3-10H,19H2,1-2H3,(H,20,21)/t10-/m0/s1. The molecule has 0 aliphatic carbocycles. The quantitative estimate of drug-likeness (QED) is 0.649. The van der Waals surface area contributed by atoms with Gasteiger partial charge in [0.25, 0.3) is 5.91 Å². The highest BCUT2D eigenvalue weighted by Gasteiger charge is 2.20. The molecule has 0 radical (unpaired) electrons. The maximum Gasteiger partial charge on any atom is 0.341 e. The second-order valence-electron chi connectivity index (χ2n) is 5.00. The molecule has 126 valence electrons. The molecule has 6 nitrogen and oxygen atoms in total. The van der Waals surface area contributed by atoms with Crippen LogP contribution in [0.2, 0.25) is 0 Å². The second kappa shape index (κ2) is 7.45. The molecule has 0 aromatic heterocycles. The molecule has 7 heteroatoms. The fourth-order valence-electron chi connectivity index (χ4n) is 1.92. The lowest BCUT2D eigenvalue weighted by atomic mass is 10.2. The zero-order valence-electron chi connectivity index (χ0n) is 13.2. The van der Waals surface area contributed by atoms with Gasteiger partial charge in [-0.1, -0.05) is 0 Å². The van der Waals surface area contributed by atoms with Gasteiger partial charge in [0.2, 0.25) is 0 Å². The number of halogens is 1. The van der Waals surface area contributed by atoms with E-state index in [0.717, 1.165) is 12.1 Å². The van der Waals surface area contributed by atoms with Crippen molar-refractivity contribution in [3.8, 4) is 5.75 Å². The van der Waals surface area contributed by atoms with E-state index in [0.29, 0.717) is 11.4 Å². The van der Waals surface area contributed by atoms with Crippen molar-refractivity contribution in [3.63, 3.8) is 0 Å². The lowest BCUT2D eigenvalue weighted by Crippen LogP contribution is -2.30. The molecular weight excluding hydrogens is 315 g/mol. The SMILES string of the molecule is COc1ccc(NC(=O)[C@H](C)OC(=O)c2ccc(F)cc2N)cc1. The van der Waals surface area contributed by atoms with Gasteiger partial charge in [-0.05, 0) is 49.4 Å². The Labute approximate surface area is 138 Å². The molecule has 2 aromatic rings. The number of nitrogen functional groups attached to an aromatic ring is 1. The van der Waals surface area contributed by atoms with Crippen LogP contribution in [-0.4, -0.2) is 25.1 Å². The number of nitrogens with one attached hydrogen (secondary N) is 1. The van der Waals surface area contributed by atoms with Gasteiger partial charge < -0.3 is 20.5 Å². The van der Waals surface area contributed by atoms with Crippen molar-refractivity contribution in [2.45, 2.75) is 13.0 Å². The van der Waals surface area contributed by atoms with Crippen LogP contribution < -0.4 is 15.8 Å². The van der Waals surface area contributed by atoms with Crippen molar-refractivity contribution in [2.75, 3.05) is 18.2 Å². The number of rotatable bonds is 5. The highest BCUT2D eigenvalue weighted by Crippen LogP contribution is 2.17. The van der Waals surface area contributed by atoms with E-state index in [1.807, 2.05) is 0 Å². The minimum absolute atomic E-state index is 0.000461. The van der Waals surface area contributed by atoms with E-state index in [4.69, 9.17) is 15.2 Å². The molecule has 3 N–H and O–H groups in total. The Bertz CT molecular complexity index is 747. The predicted octanol–water partition coefficient (Wildman–Crippen LogP) is 2.60. The van der Waals surface area contributed by atoms with Crippen molar-refractivity contribution in [2.24, 2.45) is 0 Å². The Balaban J connectivity index is 1.98. The summed E-state index contributed by atoms with van der Waals surface area (Å²) in [5, 5.41) is 2.61. The fraction of sp³-hybridized carbons (Fsp3) is 0.176. The fourth-order valence-corrected chi connectivity index (χ4v) is 1.92. The van der Waals surface area contributed by atoms with E-state index in [9.17, 15) is 14.0 Å². The molecule has 0 heterocycles. The zero-order valence-corrected chi connectivity index (χ0v) is 13.2. The Morgan fingerprint density at radius 3 is 2.42 bits per heavy atom. The van der Waals surface area contributed by atoms with Gasteiger partial charge in [-0.15, -0.1) is 0 Å². The predicted molar refractivity (Wildman–Crippen MR) is 87.3 cm³/mol.